The zero-order chi connectivity index (χ0) is 10.6. The van der Waals surface area contributed by atoms with Crippen molar-refractivity contribution in [1.82, 2.24) is 4.72 Å². The lowest BCUT2D eigenvalue weighted by Crippen LogP contribution is -2.28. The third-order valence-corrected chi connectivity index (χ3v) is 1.85. The van der Waals surface area contributed by atoms with Crippen LogP contribution in [0, 0.1) is 0 Å². The lowest BCUT2D eigenvalue weighted by Gasteiger charge is -2.08. The molecule has 5 nitrogen and oxygen atoms in total. The summed E-state index contributed by atoms with van der Waals surface area (Å²) < 4.78 is 26.2. The third kappa shape index (κ3) is 3.33. The molecule has 0 saturated heterocycles. The monoisotopic (exact) mass is 234 g/mol. The summed E-state index contributed by atoms with van der Waals surface area (Å²) in [6, 6.07) is 6.20. The average molecular weight is 235 g/mol. The largest absolute Gasteiger partial charge is 0.755 e. The molecule has 1 unspecified atom stereocenters. The SMILES string of the molecule is O=C(NS(=O)[O-])Oc1ccccc1Cl. The van der Waals surface area contributed by atoms with E-state index in [2.05, 4.69) is 4.74 Å². The first-order chi connectivity index (χ1) is 6.59. The molecular weight excluding hydrogens is 230 g/mol. The maximum atomic E-state index is 10.8. The van der Waals surface area contributed by atoms with E-state index in [1.807, 2.05) is 0 Å². The number of hydrogen-bond donors (Lipinski definition) is 1. The van der Waals surface area contributed by atoms with Gasteiger partial charge in [-0.2, -0.15) is 0 Å². The Morgan fingerprint density at radius 2 is 2.14 bits per heavy atom. The van der Waals surface area contributed by atoms with E-state index in [-0.39, 0.29) is 10.8 Å². The first kappa shape index (κ1) is 11.0. The fraction of sp³-hybridized carbons (Fsp3) is 0. The van der Waals surface area contributed by atoms with Crippen LogP contribution in [0.2, 0.25) is 5.02 Å². The Balaban J connectivity index is 2.65. The van der Waals surface area contributed by atoms with Crippen molar-refractivity contribution < 1.29 is 18.3 Å². The van der Waals surface area contributed by atoms with Crippen LogP contribution in [0.1, 0.15) is 0 Å². The molecule has 76 valence electrons. The molecule has 1 rings (SSSR count). The lowest BCUT2D eigenvalue weighted by molar-refractivity contribution is 0.206. The molecule has 1 aromatic rings. The molecule has 0 aliphatic rings. The molecule has 0 spiro atoms. The number of halogens is 1. The van der Waals surface area contributed by atoms with Crippen molar-refractivity contribution >= 4 is 29.0 Å². The van der Waals surface area contributed by atoms with E-state index in [1.165, 1.54) is 16.9 Å². The van der Waals surface area contributed by atoms with Crippen molar-refractivity contribution in [3.05, 3.63) is 29.3 Å². The summed E-state index contributed by atoms with van der Waals surface area (Å²) in [4.78, 5) is 10.8. The fourth-order valence-corrected chi connectivity index (χ4v) is 1.07. The van der Waals surface area contributed by atoms with Crippen molar-refractivity contribution in [2.45, 2.75) is 0 Å². The average Bonchev–Trinajstić information content (AvgIpc) is 2.07. The highest BCUT2D eigenvalue weighted by Crippen LogP contribution is 2.22. The van der Waals surface area contributed by atoms with Gasteiger partial charge < -0.3 is 9.29 Å². The third-order valence-electron chi connectivity index (χ3n) is 1.21. The van der Waals surface area contributed by atoms with Crippen LogP contribution in [0.3, 0.4) is 0 Å². The Morgan fingerprint density at radius 1 is 1.50 bits per heavy atom. The number of nitrogens with one attached hydrogen (secondary N) is 1. The maximum absolute atomic E-state index is 10.8. The predicted molar refractivity (Wildman–Crippen MR) is 49.5 cm³/mol. The predicted octanol–water partition coefficient (Wildman–Crippen LogP) is 1.22. The first-order valence-electron chi connectivity index (χ1n) is 3.42. The minimum Gasteiger partial charge on any atom is -0.755 e. The molecule has 0 saturated carbocycles. The summed E-state index contributed by atoms with van der Waals surface area (Å²) in [5, 5.41) is 0.222. The molecule has 1 aromatic carbocycles. The van der Waals surface area contributed by atoms with E-state index in [9.17, 15) is 13.6 Å². The second-order valence-corrected chi connectivity index (χ2v) is 3.24. The van der Waals surface area contributed by atoms with Crippen LogP contribution in [0.4, 0.5) is 4.79 Å². The second kappa shape index (κ2) is 4.94. The molecule has 0 bridgehead atoms. The fourth-order valence-electron chi connectivity index (χ4n) is 0.716. The van der Waals surface area contributed by atoms with Crippen molar-refractivity contribution in [2.75, 3.05) is 0 Å². The molecule has 1 N–H and O–H groups in total. The Bertz CT molecular complexity index is 370. The van der Waals surface area contributed by atoms with E-state index in [0.29, 0.717) is 0 Å². The van der Waals surface area contributed by atoms with Crippen LogP contribution in [-0.4, -0.2) is 14.9 Å². The summed E-state index contributed by atoms with van der Waals surface area (Å²) >= 11 is 2.95. The minimum absolute atomic E-state index is 0.0946. The normalized spacial score (nSPS) is 11.9. The number of para-hydroxylation sites is 1. The molecule has 0 aliphatic carbocycles. The number of carbonyl (C=O) groups excluding carboxylic acids is 1. The van der Waals surface area contributed by atoms with Crippen molar-refractivity contribution in [3.63, 3.8) is 0 Å². The number of amides is 1. The minimum atomic E-state index is -2.69. The van der Waals surface area contributed by atoms with E-state index in [0.717, 1.165) is 0 Å². The highest BCUT2D eigenvalue weighted by Gasteiger charge is 2.06. The number of carbonyl (C=O) groups is 1. The summed E-state index contributed by atoms with van der Waals surface area (Å²) in [5.41, 5.74) is 0. The smallest absolute Gasteiger partial charge is 0.423 e. The van der Waals surface area contributed by atoms with Gasteiger partial charge in [0.1, 0.15) is 0 Å². The van der Waals surface area contributed by atoms with Crippen molar-refractivity contribution in [3.8, 4) is 5.75 Å². The van der Waals surface area contributed by atoms with Gasteiger partial charge in [0.2, 0.25) is 0 Å². The van der Waals surface area contributed by atoms with E-state index in [1.54, 1.807) is 12.1 Å². The quantitative estimate of drug-likeness (QED) is 0.781. The van der Waals surface area contributed by atoms with E-state index in [4.69, 9.17) is 11.6 Å². The summed E-state index contributed by atoms with van der Waals surface area (Å²) in [6.07, 6.45) is -1.11. The van der Waals surface area contributed by atoms with Crippen molar-refractivity contribution in [1.29, 1.82) is 0 Å². The van der Waals surface area contributed by atoms with Gasteiger partial charge in [-0.05, 0) is 12.1 Å². The number of hydrogen-bond acceptors (Lipinski definition) is 4. The molecule has 0 radical (unpaired) electrons. The van der Waals surface area contributed by atoms with E-state index >= 15 is 0 Å². The molecular formula is C7H5ClNO4S-. The maximum Gasteiger partial charge on any atom is 0.423 e. The Kier molecular flexibility index (Phi) is 3.87. The van der Waals surface area contributed by atoms with Gasteiger partial charge in [-0.15, -0.1) is 0 Å². The van der Waals surface area contributed by atoms with Gasteiger partial charge in [0.25, 0.3) is 0 Å². The van der Waals surface area contributed by atoms with Crippen LogP contribution < -0.4 is 9.46 Å². The molecule has 14 heavy (non-hydrogen) atoms. The molecule has 1 amide bonds. The van der Waals surface area contributed by atoms with Gasteiger partial charge in [-0.3, -0.25) is 8.93 Å². The van der Waals surface area contributed by atoms with E-state index < -0.39 is 17.4 Å². The van der Waals surface area contributed by atoms with Crippen molar-refractivity contribution in [2.24, 2.45) is 0 Å². The van der Waals surface area contributed by atoms with Gasteiger partial charge in [0.05, 0.1) is 5.02 Å². The zero-order valence-corrected chi connectivity index (χ0v) is 8.30. The number of benzene rings is 1. The zero-order valence-electron chi connectivity index (χ0n) is 6.73. The summed E-state index contributed by atoms with van der Waals surface area (Å²) in [5.74, 6) is 0.0946. The van der Waals surface area contributed by atoms with Crippen LogP contribution in [0.25, 0.3) is 0 Å². The Hall–Kier alpha value is -1.11. The molecule has 0 aliphatic heterocycles. The number of rotatable bonds is 2. The molecule has 0 heterocycles. The van der Waals surface area contributed by atoms with Crippen LogP contribution in [0.15, 0.2) is 24.3 Å². The first-order valence-corrected chi connectivity index (χ1v) is 4.87. The lowest BCUT2D eigenvalue weighted by atomic mass is 10.3. The second-order valence-electron chi connectivity index (χ2n) is 2.16. The highest BCUT2D eigenvalue weighted by atomic mass is 35.5. The molecule has 1 atom stereocenters. The molecule has 0 fully saturated rings. The Morgan fingerprint density at radius 3 is 2.71 bits per heavy atom. The van der Waals surface area contributed by atoms with Crippen LogP contribution in [-0.2, 0) is 11.3 Å². The Labute approximate surface area is 87.4 Å². The standard InChI is InChI=1S/C7H6ClNO4S/c8-5-3-1-2-4-6(5)13-7(10)9-14(11)12/h1-4H,(H,9,10)(H,11,12)/p-1. The van der Waals surface area contributed by atoms with Crippen LogP contribution >= 0.6 is 11.6 Å². The topological polar surface area (TPSA) is 78.5 Å². The van der Waals surface area contributed by atoms with Gasteiger partial charge in [0, 0.05) is 11.3 Å². The number of ether oxygens (including phenoxy) is 1. The van der Waals surface area contributed by atoms with Gasteiger partial charge in [0.15, 0.2) is 5.75 Å². The molecule has 0 aromatic heterocycles. The summed E-state index contributed by atoms with van der Waals surface area (Å²) in [6.45, 7) is 0. The van der Waals surface area contributed by atoms with Gasteiger partial charge in [-0.25, -0.2) is 4.79 Å². The molecule has 7 heteroatoms. The van der Waals surface area contributed by atoms with Gasteiger partial charge in [-0.1, -0.05) is 23.7 Å². The van der Waals surface area contributed by atoms with Crippen LogP contribution in [0.5, 0.6) is 5.75 Å². The summed E-state index contributed by atoms with van der Waals surface area (Å²) in [7, 11) is 0. The van der Waals surface area contributed by atoms with Gasteiger partial charge >= 0.3 is 6.09 Å². The highest BCUT2D eigenvalue weighted by molar-refractivity contribution is 7.77.